The lowest BCUT2D eigenvalue weighted by atomic mass is 9.71. The highest BCUT2D eigenvalue weighted by molar-refractivity contribution is 7.99. The van der Waals surface area contributed by atoms with Crippen LogP contribution >= 0.6 is 11.8 Å². The molecule has 4 aromatic rings. The second-order valence-electron chi connectivity index (χ2n) is 10.4. The molecule has 0 spiro atoms. The van der Waals surface area contributed by atoms with Crippen molar-refractivity contribution in [2.24, 2.45) is 5.16 Å². The molecule has 1 aliphatic carbocycles. The third kappa shape index (κ3) is 4.82. The molecule has 40 heavy (non-hydrogen) atoms. The molecular weight excluding hydrogens is 510 g/mol. The van der Waals surface area contributed by atoms with Crippen molar-refractivity contribution in [2.75, 3.05) is 0 Å². The van der Waals surface area contributed by atoms with Crippen LogP contribution in [0, 0.1) is 6.92 Å². The second kappa shape index (κ2) is 11.3. The second-order valence-corrected chi connectivity index (χ2v) is 11.6. The first-order valence-electron chi connectivity index (χ1n) is 13.8. The van der Waals surface area contributed by atoms with Gasteiger partial charge in [0.1, 0.15) is 11.5 Å². The lowest BCUT2D eigenvalue weighted by Crippen LogP contribution is -2.25. The Morgan fingerprint density at radius 3 is 2.17 bits per heavy atom. The SMILES string of the molecule is C=C(C)O/N=C(\C)C(=O)c1cc2c(cc1C)-c1ccc(Sc3ccccc3)c(-c3ccccc3)c1C2(CC)CC. The van der Waals surface area contributed by atoms with E-state index in [1.807, 2.05) is 18.7 Å². The summed E-state index contributed by atoms with van der Waals surface area (Å²) in [6.07, 6.45) is 1.84. The number of rotatable bonds is 9. The fourth-order valence-corrected chi connectivity index (χ4v) is 6.98. The van der Waals surface area contributed by atoms with E-state index in [2.05, 4.69) is 111 Å². The molecule has 1 aliphatic rings. The Morgan fingerprint density at radius 1 is 0.900 bits per heavy atom. The zero-order valence-electron chi connectivity index (χ0n) is 23.9. The van der Waals surface area contributed by atoms with Gasteiger partial charge in [-0.1, -0.05) is 98.0 Å². The average molecular weight is 546 g/mol. The number of carbonyl (C=O) groups is 1. The normalized spacial score (nSPS) is 13.5. The maximum atomic E-state index is 13.5. The number of fused-ring (bicyclic) bond motifs is 3. The van der Waals surface area contributed by atoms with E-state index < -0.39 is 0 Å². The van der Waals surface area contributed by atoms with Gasteiger partial charge in [0.2, 0.25) is 5.78 Å². The van der Waals surface area contributed by atoms with Crippen LogP contribution < -0.4 is 0 Å². The highest BCUT2D eigenvalue weighted by Crippen LogP contribution is 2.58. The molecule has 0 saturated carbocycles. The van der Waals surface area contributed by atoms with E-state index in [0.717, 1.165) is 18.4 Å². The summed E-state index contributed by atoms with van der Waals surface area (Å²) in [5.41, 5.74) is 9.24. The van der Waals surface area contributed by atoms with Crippen molar-refractivity contribution in [3.63, 3.8) is 0 Å². The van der Waals surface area contributed by atoms with Crippen molar-refractivity contribution < 1.29 is 9.63 Å². The topological polar surface area (TPSA) is 38.7 Å². The van der Waals surface area contributed by atoms with Crippen molar-refractivity contribution in [2.45, 2.75) is 62.7 Å². The molecule has 0 N–H and O–H groups in total. The molecule has 5 rings (SSSR count). The van der Waals surface area contributed by atoms with Crippen LogP contribution in [-0.4, -0.2) is 11.5 Å². The number of hydrogen-bond donors (Lipinski definition) is 0. The molecule has 0 heterocycles. The average Bonchev–Trinajstić information content (AvgIpc) is 3.24. The van der Waals surface area contributed by atoms with Crippen LogP contribution in [0.2, 0.25) is 0 Å². The molecule has 0 aliphatic heterocycles. The monoisotopic (exact) mass is 545 g/mol. The highest BCUT2D eigenvalue weighted by atomic mass is 32.2. The zero-order chi connectivity index (χ0) is 28.4. The minimum absolute atomic E-state index is 0.123. The Bertz CT molecular complexity index is 1620. The van der Waals surface area contributed by atoms with Crippen LogP contribution in [0.15, 0.2) is 112 Å². The van der Waals surface area contributed by atoms with E-state index in [1.54, 1.807) is 13.8 Å². The van der Waals surface area contributed by atoms with E-state index >= 15 is 0 Å². The fraction of sp³-hybridized carbons (Fsp3) is 0.222. The highest BCUT2D eigenvalue weighted by Gasteiger charge is 2.44. The van der Waals surface area contributed by atoms with E-state index in [4.69, 9.17) is 4.84 Å². The smallest absolute Gasteiger partial charge is 0.210 e. The van der Waals surface area contributed by atoms with Gasteiger partial charge in [0.15, 0.2) is 0 Å². The number of aryl methyl sites for hydroxylation is 1. The van der Waals surface area contributed by atoms with Crippen LogP contribution in [-0.2, 0) is 10.3 Å². The molecule has 0 bridgehead atoms. The first-order chi connectivity index (χ1) is 19.3. The first kappa shape index (κ1) is 27.7. The summed E-state index contributed by atoms with van der Waals surface area (Å²) < 4.78 is 0. The maximum Gasteiger partial charge on any atom is 0.210 e. The van der Waals surface area contributed by atoms with E-state index in [0.29, 0.717) is 17.0 Å². The number of benzene rings is 4. The lowest BCUT2D eigenvalue weighted by molar-refractivity contribution is 0.105. The van der Waals surface area contributed by atoms with Crippen molar-refractivity contribution in [1.29, 1.82) is 0 Å². The largest absolute Gasteiger partial charge is 0.362 e. The molecule has 0 amide bonds. The van der Waals surface area contributed by atoms with E-state index in [9.17, 15) is 4.79 Å². The maximum absolute atomic E-state index is 13.5. The minimum atomic E-state index is -0.231. The molecule has 0 fully saturated rings. The Morgan fingerprint density at radius 2 is 1.55 bits per heavy atom. The molecule has 202 valence electrons. The van der Waals surface area contributed by atoms with Gasteiger partial charge in [-0.05, 0) is 91.3 Å². The summed E-state index contributed by atoms with van der Waals surface area (Å²) in [5, 5.41) is 4.02. The van der Waals surface area contributed by atoms with Gasteiger partial charge in [-0.15, -0.1) is 0 Å². The van der Waals surface area contributed by atoms with Gasteiger partial charge < -0.3 is 4.84 Å². The Hall–Kier alpha value is -3.89. The number of nitrogens with zero attached hydrogens (tertiary/aromatic N) is 1. The quantitative estimate of drug-likeness (QED) is 0.0909. The van der Waals surface area contributed by atoms with Gasteiger partial charge in [0.25, 0.3) is 0 Å². The Kier molecular flexibility index (Phi) is 7.82. The van der Waals surface area contributed by atoms with Crippen LogP contribution in [0.4, 0.5) is 0 Å². The summed E-state index contributed by atoms with van der Waals surface area (Å²) in [7, 11) is 0. The number of carbonyl (C=O) groups excluding carboxylic acids is 1. The number of ketones is 1. The van der Waals surface area contributed by atoms with Crippen LogP contribution in [0.1, 0.15) is 67.6 Å². The lowest BCUT2D eigenvalue weighted by Gasteiger charge is -2.32. The molecular formula is C36H35NO2S. The molecule has 3 nitrogen and oxygen atoms in total. The first-order valence-corrected chi connectivity index (χ1v) is 14.7. The summed E-state index contributed by atoms with van der Waals surface area (Å²) in [5.74, 6) is 0.323. The molecule has 0 radical (unpaired) electrons. The van der Waals surface area contributed by atoms with Gasteiger partial charge in [-0.3, -0.25) is 4.79 Å². The van der Waals surface area contributed by atoms with E-state index in [1.165, 1.54) is 43.2 Å². The predicted octanol–water partition coefficient (Wildman–Crippen LogP) is 10.0. The van der Waals surface area contributed by atoms with Crippen molar-refractivity contribution >= 4 is 23.3 Å². The summed E-state index contributed by atoms with van der Waals surface area (Å²) in [4.78, 5) is 21.2. The standard InChI is InChI=1S/C36H35NO2S/c1-7-36(8-2)31-22-29(35(38)25(6)37-39-23(3)4)24(5)21-30(31)28-19-20-32(40-27-17-13-10-14-18-27)33(34(28)36)26-15-11-9-12-16-26/h9-22H,3,7-8H2,1-2,4-6H3/b37-25+. The summed E-state index contributed by atoms with van der Waals surface area (Å²) >= 11 is 1.81. The number of allylic oxidation sites excluding steroid dienone is 1. The van der Waals surface area contributed by atoms with Gasteiger partial charge >= 0.3 is 0 Å². The molecule has 4 aromatic carbocycles. The summed E-state index contributed by atoms with van der Waals surface area (Å²) in [6.45, 7) is 13.7. The third-order valence-electron chi connectivity index (χ3n) is 7.97. The summed E-state index contributed by atoms with van der Waals surface area (Å²) in [6, 6.07) is 30.2. The number of oxime groups is 1. The molecule has 0 saturated heterocycles. The van der Waals surface area contributed by atoms with Crippen molar-refractivity contribution in [3.8, 4) is 22.3 Å². The third-order valence-corrected chi connectivity index (χ3v) is 9.04. The van der Waals surface area contributed by atoms with Crippen molar-refractivity contribution in [1.82, 2.24) is 0 Å². The Balaban J connectivity index is 1.75. The fourth-order valence-electron chi connectivity index (χ4n) is 5.97. The van der Waals surface area contributed by atoms with E-state index in [-0.39, 0.29) is 11.2 Å². The van der Waals surface area contributed by atoms with Crippen LogP contribution in [0.3, 0.4) is 0 Å². The van der Waals surface area contributed by atoms with Crippen LogP contribution in [0.5, 0.6) is 0 Å². The van der Waals surface area contributed by atoms with Crippen LogP contribution in [0.25, 0.3) is 22.3 Å². The van der Waals surface area contributed by atoms with Gasteiger partial charge in [-0.25, -0.2) is 0 Å². The predicted molar refractivity (Wildman–Crippen MR) is 167 cm³/mol. The van der Waals surface area contributed by atoms with Crippen molar-refractivity contribution in [3.05, 3.63) is 120 Å². The molecule has 0 atom stereocenters. The number of Topliss-reactive ketones (excluding diaryl/α,β-unsaturated/α-hetero) is 1. The zero-order valence-corrected chi connectivity index (χ0v) is 24.7. The molecule has 0 aromatic heterocycles. The molecule has 0 unspecified atom stereocenters. The Labute approximate surface area is 242 Å². The minimum Gasteiger partial charge on any atom is -0.362 e. The van der Waals surface area contributed by atoms with Gasteiger partial charge in [-0.2, -0.15) is 0 Å². The van der Waals surface area contributed by atoms with Gasteiger partial charge in [0, 0.05) is 26.3 Å². The number of hydrogen-bond acceptors (Lipinski definition) is 4. The van der Waals surface area contributed by atoms with Gasteiger partial charge in [0.05, 0.1) is 0 Å². The molecule has 4 heteroatoms.